The molecule has 5 aromatic carbocycles. The summed E-state index contributed by atoms with van der Waals surface area (Å²) in [6, 6.07) is 45.3. The molecule has 1 aliphatic rings. The molecular formula is C55H51N3O+2. The van der Waals surface area contributed by atoms with Gasteiger partial charge in [0.1, 0.15) is 18.2 Å². The van der Waals surface area contributed by atoms with E-state index in [0.29, 0.717) is 0 Å². The Morgan fingerprint density at radius 3 is 2.22 bits per heavy atom. The molecule has 0 amide bonds. The maximum absolute atomic E-state index is 6.69. The Morgan fingerprint density at radius 2 is 1.44 bits per heavy atom. The number of nitrogens with zero attached hydrogens (tertiary/aromatic N) is 3. The monoisotopic (exact) mass is 769 g/mol. The van der Waals surface area contributed by atoms with Gasteiger partial charge in [-0.15, -0.1) is 0 Å². The molecule has 0 bridgehead atoms. The van der Waals surface area contributed by atoms with Crippen LogP contribution in [0.3, 0.4) is 0 Å². The summed E-state index contributed by atoms with van der Waals surface area (Å²) in [4.78, 5) is 0. The van der Waals surface area contributed by atoms with Crippen LogP contribution < -0.4 is 9.13 Å². The number of pyridine rings is 2. The number of fused-ring (bicyclic) bond motifs is 13. The van der Waals surface area contributed by atoms with Crippen molar-refractivity contribution in [2.45, 2.75) is 76.7 Å². The molecule has 1 aliphatic heterocycles. The number of benzene rings is 5. The van der Waals surface area contributed by atoms with Gasteiger partial charge in [-0.3, -0.25) is 0 Å². The average Bonchev–Trinajstić information content (AvgIpc) is 3.91. The van der Waals surface area contributed by atoms with Gasteiger partial charge in [0.15, 0.2) is 17.9 Å². The molecule has 0 fully saturated rings. The summed E-state index contributed by atoms with van der Waals surface area (Å²) in [6.45, 7) is 16.5. The molecule has 59 heavy (non-hydrogen) atoms. The summed E-state index contributed by atoms with van der Waals surface area (Å²) in [5.41, 5.74) is 14.2. The molecule has 0 saturated heterocycles. The third-order valence-corrected chi connectivity index (χ3v) is 14.5. The van der Waals surface area contributed by atoms with Crippen molar-refractivity contribution in [3.63, 3.8) is 0 Å². The van der Waals surface area contributed by atoms with Crippen LogP contribution in [0.4, 0.5) is 0 Å². The summed E-state index contributed by atoms with van der Waals surface area (Å²) >= 11 is 0. The largest absolute Gasteiger partial charge is 0.456 e. The predicted molar refractivity (Wildman–Crippen MR) is 245 cm³/mol. The molecule has 2 unspecified atom stereocenters. The molecule has 10 aromatic rings. The van der Waals surface area contributed by atoms with Gasteiger partial charge in [-0.05, 0) is 89.9 Å². The number of aromatic nitrogens is 3. The van der Waals surface area contributed by atoms with E-state index in [2.05, 4.69) is 195 Å². The molecule has 4 heteroatoms. The van der Waals surface area contributed by atoms with Gasteiger partial charge in [-0.2, -0.15) is 4.57 Å². The zero-order valence-corrected chi connectivity index (χ0v) is 35.1. The van der Waals surface area contributed by atoms with Crippen LogP contribution in [0.5, 0.6) is 0 Å². The molecule has 0 spiro atoms. The number of aryl methyl sites for hydroxylation is 2. The highest BCUT2D eigenvalue weighted by Gasteiger charge is 2.60. The Hall–Kier alpha value is -6.26. The smallest absolute Gasteiger partial charge is 0.213 e. The summed E-state index contributed by atoms with van der Waals surface area (Å²) in [7, 11) is 2.15. The van der Waals surface area contributed by atoms with E-state index in [1.54, 1.807) is 0 Å². The van der Waals surface area contributed by atoms with Gasteiger partial charge in [0, 0.05) is 68.6 Å². The topological polar surface area (TPSA) is 25.3 Å². The van der Waals surface area contributed by atoms with Crippen molar-refractivity contribution in [2.24, 2.45) is 7.05 Å². The Kier molecular flexibility index (Phi) is 7.67. The van der Waals surface area contributed by atoms with Crippen molar-refractivity contribution in [1.82, 2.24) is 4.40 Å². The first-order chi connectivity index (χ1) is 28.6. The van der Waals surface area contributed by atoms with Crippen molar-refractivity contribution in [3.8, 4) is 22.5 Å². The lowest BCUT2D eigenvalue weighted by Crippen LogP contribution is -2.69. The van der Waals surface area contributed by atoms with Gasteiger partial charge in [0.05, 0.1) is 27.5 Å². The average molecular weight is 770 g/mol. The van der Waals surface area contributed by atoms with Crippen molar-refractivity contribution in [1.29, 1.82) is 0 Å². The van der Waals surface area contributed by atoms with Gasteiger partial charge in [-0.1, -0.05) is 95.8 Å². The van der Waals surface area contributed by atoms with E-state index in [-0.39, 0.29) is 16.4 Å². The van der Waals surface area contributed by atoms with Crippen LogP contribution >= 0.6 is 0 Å². The summed E-state index contributed by atoms with van der Waals surface area (Å²) < 4.78 is 14.1. The van der Waals surface area contributed by atoms with Crippen LogP contribution in [-0.4, -0.2) is 4.40 Å². The van der Waals surface area contributed by atoms with Crippen molar-refractivity contribution >= 4 is 60.0 Å². The van der Waals surface area contributed by atoms with Crippen LogP contribution in [0.15, 0.2) is 151 Å². The van der Waals surface area contributed by atoms with Crippen molar-refractivity contribution in [3.05, 3.63) is 163 Å². The number of furan rings is 1. The van der Waals surface area contributed by atoms with Crippen LogP contribution in [0.2, 0.25) is 0 Å². The zero-order chi connectivity index (χ0) is 40.4. The number of allylic oxidation sites excluding steroid dienone is 1. The number of hydrogen-bond acceptors (Lipinski definition) is 1. The number of hydrogen-bond donors (Lipinski definition) is 0. The molecule has 4 nitrogen and oxygen atoms in total. The molecule has 290 valence electrons. The second-order valence-electron chi connectivity index (χ2n) is 18.1. The maximum atomic E-state index is 6.69. The third-order valence-electron chi connectivity index (χ3n) is 14.5. The maximum Gasteiger partial charge on any atom is 0.213 e. The fourth-order valence-electron chi connectivity index (χ4n) is 11.5. The number of para-hydroxylation sites is 2. The highest BCUT2D eigenvalue weighted by atomic mass is 16.3. The van der Waals surface area contributed by atoms with Gasteiger partial charge in [-0.25, -0.2) is 4.57 Å². The lowest BCUT2D eigenvalue weighted by atomic mass is 9.56. The van der Waals surface area contributed by atoms with E-state index in [4.69, 9.17) is 11.0 Å². The van der Waals surface area contributed by atoms with Crippen LogP contribution in [0, 0.1) is 0 Å². The minimum atomic E-state index is -0.380. The van der Waals surface area contributed by atoms with Crippen molar-refractivity contribution < 1.29 is 13.6 Å². The predicted octanol–water partition coefficient (Wildman–Crippen LogP) is 13.1. The molecule has 0 aliphatic carbocycles. The first-order valence-electron chi connectivity index (χ1n) is 21.4. The summed E-state index contributed by atoms with van der Waals surface area (Å²) in [6.07, 6.45) is 10.6. The quantitative estimate of drug-likeness (QED) is 0.117. The highest BCUT2D eigenvalue weighted by Crippen LogP contribution is 2.56. The Morgan fingerprint density at radius 1 is 0.678 bits per heavy atom. The SMILES string of the molecule is C=CC1(CC)[n+]2ccc(C(C)(C)C)cc2-c2cc3c4c5c(cc6c7ccccc7n(c3cc2C1(CC)CCc1ccccc1-c1cccc[n+]1C)c64)oc1ccccc15. The van der Waals surface area contributed by atoms with E-state index in [1.807, 2.05) is 0 Å². The molecule has 2 atom stereocenters. The summed E-state index contributed by atoms with van der Waals surface area (Å²) in [5, 5.41) is 7.40. The van der Waals surface area contributed by atoms with E-state index in [9.17, 15) is 0 Å². The van der Waals surface area contributed by atoms with Crippen LogP contribution in [0.1, 0.15) is 70.6 Å². The van der Waals surface area contributed by atoms with Crippen LogP contribution in [0.25, 0.3) is 82.5 Å². The van der Waals surface area contributed by atoms with E-state index < -0.39 is 0 Å². The van der Waals surface area contributed by atoms with Gasteiger partial charge in [0.2, 0.25) is 11.4 Å². The first-order valence-corrected chi connectivity index (χ1v) is 21.4. The second kappa shape index (κ2) is 12.6. The minimum absolute atomic E-state index is 0.0170. The normalized spacial score (nSPS) is 18.1. The van der Waals surface area contributed by atoms with Gasteiger partial charge < -0.3 is 8.82 Å². The number of rotatable bonds is 7. The summed E-state index contributed by atoms with van der Waals surface area (Å²) in [5.74, 6) is 0. The lowest BCUT2D eigenvalue weighted by Gasteiger charge is -2.49. The minimum Gasteiger partial charge on any atom is -0.456 e. The Balaban J connectivity index is 1.27. The molecule has 0 N–H and O–H groups in total. The fourth-order valence-corrected chi connectivity index (χ4v) is 11.5. The van der Waals surface area contributed by atoms with Gasteiger partial charge in [0.25, 0.3) is 0 Å². The zero-order valence-electron chi connectivity index (χ0n) is 35.1. The Labute approximate surface area is 346 Å². The Bertz CT molecular complexity index is 3340. The van der Waals surface area contributed by atoms with Crippen molar-refractivity contribution in [2.75, 3.05) is 0 Å². The highest BCUT2D eigenvalue weighted by molar-refractivity contribution is 6.35. The second-order valence-corrected chi connectivity index (χ2v) is 18.1. The van der Waals surface area contributed by atoms with E-state index in [1.165, 1.54) is 82.7 Å². The molecule has 0 radical (unpaired) electrons. The molecule has 6 heterocycles. The molecule has 5 aromatic heterocycles. The standard InChI is InChI=1S/C55H51N3O/c1-8-54(28-26-35-19-11-12-20-37(35)44-23-17-18-29-56(44)7)43-34-47-42(32-41(43)46-31-36(53(4,5)6)27-30-57(46)55(54,9-2)10-3)51-50-39-22-14-16-25-48(39)59-49(50)33-40-38-21-13-15-24-45(38)58(47)52(40)51/h9,11-25,27,29-34H,2,8,10,26,28H2,1,3-7H3/q+2. The molecule has 0 saturated carbocycles. The van der Waals surface area contributed by atoms with E-state index >= 15 is 0 Å². The molecular weight excluding hydrogens is 719 g/mol. The first kappa shape index (κ1) is 35.9. The third kappa shape index (κ3) is 4.72. The molecule has 11 rings (SSSR count). The van der Waals surface area contributed by atoms with Crippen LogP contribution in [-0.2, 0) is 29.8 Å². The fraction of sp³-hybridized carbons (Fsp3) is 0.236. The van der Waals surface area contributed by atoms with Gasteiger partial charge >= 0.3 is 0 Å². The van der Waals surface area contributed by atoms with E-state index in [0.717, 1.165) is 42.2 Å². The lowest BCUT2D eigenvalue weighted by molar-refractivity contribution is -0.757.